The summed E-state index contributed by atoms with van der Waals surface area (Å²) in [5, 5.41) is 8.99. The Labute approximate surface area is 84.8 Å². The first-order chi connectivity index (χ1) is 6.63. The van der Waals surface area contributed by atoms with Crippen molar-refractivity contribution in [3.63, 3.8) is 0 Å². The number of carboxylic acids is 1. The maximum atomic E-state index is 10.9. The summed E-state index contributed by atoms with van der Waals surface area (Å²) < 4.78 is 0. The van der Waals surface area contributed by atoms with Crippen LogP contribution in [0.25, 0.3) is 0 Å². The molecule has 0 aromatic heterocycles. The molecule has 1 rings (SSSR count). The van der Waals surface area contributed by atoms with Crippen LogP contribution < -0.4 is 0 Å². The Kier molecular flexibility index (Phi) is 4.10. The molecule has 14 heavy (non-hydrogen) atoms. The molecule has 1 fully saturated rings. The number of rotatable bonds is 3. The van der Waals surface area contributed by atoms with Crippen LogP contribution in [0.15, 0.2) is 12.7 Å². The monoisotopic (exact) mass is 198 g/mol. The number of nitrogens with zero attached hydrogens (tertiary/aromatic N) is 2. The van der Waals surface area contributed by atoms with E-state index in [9.17, 15) is 4.79 Å². The SMILES string of the molecule is C=CCN1CCN(C)CC(C(=O)O)C1. The average Bonchev–Trinajstić information content (AvgIpc) is 2.29. The summed E-state index contributed by atoms with van der Waals surface area (Å²) >= 11 is 0. The van der Waals surface area contributed by atoms with Crippen LogP contribution in [-0.2, 0) is 4.79 Å². The molecule has 0 aromatic rings. The Morgan fingerprint density at radius 1 is 1.57 bits per heavy atom. The van der Waals surface area contributed by atoms with Crippen LogP contribution in [0, 0.1) is 5.92 Å². The average molecular weight is 198 g/mol. The summed E-state index contributed by atoms with van der Waals surface area (Å²) in [5.41, 5.74) is 0. The van der Waals surface area contributed by atoms with Crippen molar-refractivity contribution in [1.82, 2.24) is 9.80 Å². The Hall–Kier alpha value is -0.870. The fourth-order valence-electron chi connectivity index (χ4n) is 1.74. The van der Waals surface area contributed by atoms with E-state index in [1.807, 2.05) is 13.1 Å². The molecule has 0 spiro atoms. The molecule has 1 aliphatic heterocycles. The van der Waals surface area contributed by atoms with E-state index in [4.69, 9.17) is 5.11 Å². The number of hydrogen-bond acceptors (Lipinski definition) is 3. The van der Waals surface area contributed by atoms with Gasteiger partial charge in [0.05, 0.1) is 5.92 Å². The second-order valence-electron chi connectivity index (χ2n) is 3.85. The summed E-state index contributed by atoms with van der Waals surface area (Å²) in [6.45, 7) is 7.57. The highest BCUT2D eigenvalue weighted by atomic mass is 16.4. The van der Waals surface area contributed by atoms with Gasteiger partial charge in [0, 0.05) is 32.7 Å². The first-order valence-electron chi connectivity index (χ1n) is 4.88. The number of aliphatic carboxylic acids is 1. The summed E-state index contributed by atoms with van der Waals surface area (Å²) in [5.74, 6) is -0.977. The molecule has 1 atom stereocenters. The molecule has 0 radical (unpaired) electrons. The normalized spacial score (nSPS) is 25.6. The minimum absolute atomic E-state index is 0.276. The van der Waals surface area contributed by atoms with Gasteiger partial charge in [-0.1, -0.05) is 6.08 Å². The highest BCUT2D eigenvalue weighted by Gasteiger charge is 2.25. The Morgan fingerprint density at radius 2 is 2.29 bits per heavy atom. The smallest absolute Gasteiger partial charge is 0.309 e. The second-order valence-corrected chi connectivity index (χ2v) is 3.85. The van der Waals surface area contributed by atoms with Gasteiger partial charge in [0.25, 0.3) is 0 Å². The molecule has 1 saturated heterocycles. The minimum atomic E-state index is -0.701. The molecule has 1 aliphatic rings. The van der Waals surface area contributed by atoms with Gasteiger partial charge in [-0.05, 0) is 7.05 Å². The van der Waals surface area contributed by atoms with E-state index in [1.54, 1.807) is 0 Å². The topological polar surface area (TPSA) is 43.8 Å². The lowest BCUT2D eigenvalue weighted by atomic mass is 10.1. The van der Waals surface area contributed by atoms with Gasteiger partial charge in [0.1, 0.15) is 0 Å². The zero-order chi connectivity index (χ0) is 10.6. The van der Waals surface area contributed by atoms with E-state index >= 15 is 0 Å². The molecule has 1 unspecified atom stereocenters. The summed E-state index contributed by atoms with van der Waals surface area (Å²) in [6.07, 6.45) is 1.82. The van der Waals surface area contributed by atoms with Gasteiger partial charge in [-0.25, -0.2) is 0 Å². The summed E-state index contributed by atoms with van der Waals surface area (Å²) in [4.78, 5) is 15.1. The van der Waals surface area contributed by atoms with Crippen molar-refractivity contribution < 1.29 is 9.90 Å². The number of carbonyl (C=O) groups is 1. The van der Waals surface area contributed by atoms with Crippen LogP contribution in [-0.4, -0.2) is 60.6 Å². The predicted octanol–water partition coefficient (Wildman–Crippen LogP) is 0.121. The van der Waals surface area contributed by atoms with Crippen LogP contribution in [0.3, 0.4) is 0 Å². The van der Waals surface area contributed by atoms with Gasteiger partial charge in [0.2, 0.25) is 0 Å². The Bertz CT molecular complexity index is 218. The van der Waals surface area contributed by atoms with E-state index < -0.39 is 5.97 Å². The number of hydrogen-bond donors (Lipinski definition) is 1. The first kappa shape index (κ1) is 11.2. The third-order valence-corrected chi connectivity index (χ3v) is 2.55. The molecular weight excluding hydrogens is 180 g/mol. The quantitative estimate of drug-likeness (QED) is 0.654. The van der Waals surface area contributed by atoms with Crippen molar-refractivity contribution in [2.24, 2.45) is 5.92 Å². The van der Waals surface area contributed by atoms with E-state index in [-0.39, 0.29) is 5.92 Å². The Balaban J connectivity index is 2.58. The lowest BCUT2D eigenvalue weighted by molar-refractivity contribution is -0.142. The number of likely N-dealkylation sites (N-methyl/N-ethyl adjacent to an activating group) is 1. The summed E-state index contributed by atoms with van der Waals surface area (Å²) in [6, 6.07) is 0. The molecule has 0 aromatic carbocycles. The van der Waals surface area contributed by atoms with Crippen molar-refractivity contribution in [3.8, 4) is 0 Å². The van der Waals surface area contributed by atoms with Gasteiger partial charge in [-0.3, -0.25) is 9.69 Å². The summed E-state index contributed by atoms with van der Waals surface area (Å²) in [7, 11) is 1.97. The highest BCUT2D eigenvalue weighted by molar-refractivity contribution is 5.70. The fraction of sp³-hybridized carbons (Fsp3) is 0.700. The van der Waals surface area contributed by atoms with Crippen molar-refractivity contribution in [1.29, 1.82) is 0 Å². The number of carboxylic acid groups (broad SMARTS) is 1. The van der Waals surface area contributed by atoms with E-state index in [0.29, 0.717) is 13.1 Å². The van der Waals surface area contributed by atoms with Gasteiger partial charge >= 0.3 is 5.97 Å². The maximum absolute atomic E-state index is 10.9. The van der Waals surface area contributed by atoms with Gasteiger partial charge in [0.15, 0.2) is 0 Å². The largest absolute Gasteiger partial charge is 0.481 e. The van der Waals surface area contributed by atoms with Crippen LogP contribution in [0.5, 0.6) is 0 Å². The molecule has 80 valence electrons. The van der Waals surface area contributed by atoms with E-state index in [1.165, 1.54) is 0 Å². The molecule has 1 N–H and O–H groups in total. The van der Waals surface area contributed by atoms with Crippen LogP contribution >= 0.6 is 0 Å². The fourth-order valence-corrected chi connectivity index (χ4v) is 1.74. The standard InChI is InChI=1S/C10H18N2O2/c1-3-4-12-6-5-11(2)7-9(8-12)10(13)14/h3,9H,1,4-8H2,2H3,(H,13,14). The van der Waals surface area contributed by atoms with Gasteiger partial charge in [-0.2, -0.15) is 0 Å². The van der Waals surface area contributed by atoms with Gasteiger partial charge in [-0.15, -0.1) is 6.58 Å². The molecule has 0 bridgehead atoms. The Morgan fingerprint density at radius 3 is 2.86 bits per heavy atom. The van der Waals surface area contributed by atoms with E-state index in [0.717, 1.165) is 19.6 Å². The van der Waals surface area contributed by atoms with Gasteiger partial charge < -0.3 is 10.0 Å². The zero-order valence-corrected chi connectivity index (χ0v) is 8.65. The van der Waals surface area contributed by atoms with Crippen molar-refractivity contribution in [2.45, 2.75) is 0 Å². The predicted molar refractivity (Wildman–Crippen MR) is 55.3 cm³/mol. The first-order valence-corrected chi connectivity index (χ1v) is 4.88. The van der Waals surface area contributed by atoms with Crippen LogP contribution in [0.4, 0.5) is 0 Å². The molecule has 1 heterocycles. The van der Waals surface area contributed by atoms with Crippen molar-refractivity contribution >= 4 is 5.97 Å². The molecule has 0 aliphatic carbocycles. The van der Waals surface area contributed by atoms with Crippen LogP contribution in [0.1, 0.15) is 0 Å². The lowest BCUT2D eigenvalue weighted by Gasteiger charge is -2.19. The third-order valence-electron chi connectivity index (χ3n) is 2.55. The lowest BCUT2D eigenvalue weighted by Crippen LogP contribution is -2.34. The van der Waals surface area contributed by atoms with E-state index in [2.05, 4.69) is 16.4 Å². The zero-order valence-electron chi connectivity index (χ0n) is 8.65. The highest BCUT2D eigenvalue weighted by Crippen LogP contribution is 2.08. The minimum Gasteiger partial charge on any atom is -0.481 e. The maximum Gasteiger partial charge on any atom is 0.309 e. The molecule has 0 amide bonds. The molecule has 4 heteroatoms. The third kappa shape index (κ3) is 3.12. The van der Waals surface area contributed by atoms with Crippen molar-refractivity contribution in [2.75, 3.05) is 39.8 Å². The molecular formula is C10H18N2O2. The molecule has 0 saturated carbocycles. The van der Waals surface area contributed by atoms with Crippen molar-refractivity contribution in [3.05, 3.63) is 12.7 Å². The van der Waals surface area contributed by atoms with Crippen LogP contribution in [0.2, 0.25) is 0 Å². The molecule has 4 nitrogen and oxygen atoms in total. The second kappa shape index (κ2) is 5.12.